The van der Waals surface area contributed by atoms with Crippen molar-refractivity contribution in [2.45, 2.75) is 0 Å². The highest BCUT2D eigenvalue weighted by molar-refractivity contribution is 14.1. The summed E-state index contributed by atoms with van der Waals surface area (Å²) >= 11 is 20.6. The van der Waals surface area contributed by atoms with Gasteiger partial charge in [-0.25, -0.2) is 4.98 Å². The molecule has 4 nitrogen and oxygen atoms in total. The number of oxazole rings is 1. The molecule has 3 aromatic carbocycles. The fraction of sp³-hybridized carbons (Fsp3) is 0. The van der Waals surface area contributed by atoms with Crippen molar-refractivity contribution in [2.75, 3.05) is 5.32 Å². The molecule has 8 heteroatoms. The van der Waals surface area contributed by atoms with E-state index >= 15 is 0 Å². The number of rotatable bonds is 3. The van der Waals surface area contributed by atoms with E-state index in [-0.39, 0.29) is 5.91 Å². The van der Waals surface area contributed by atoms with E-state index in [1.807, 2.05) is 6.07 Å². The Bertz CT molecular complexity index is 1220. The highest BCUT2D eigenvalue weighted by Crippen LogP contribution is 2.35. The summed E-state index contributed by atoms with van der Waals surface area (Å²) in [7, 11) is 0. The molecule has 0 saturated heterocycles. The smallest absolute Gasteiger partial charge is 0.257 e. The second kappa shape index (κ2) is 7.91. The van der Waals surface area contributed by atoms with Gasteiger partial charge in [-0.1, -0.05) is 40.9 Å². The molecule has 0 saturated carbocycles. The molecule has 1 aromatic heterocycles. The monoisotopic (exact) mass is 542 g/mol. The first-order valence-electron chi connectivity index (χ1n) is 8.04. The highest BCUT2D eigenvalue weighted by Gasteiger charge is 2.15. The molecule has 4 rings (SSSR count). The molecule has 0 radical (unpaired) electrons. The van der Waals surface area contributed by atoms with Crippen LogP contribution in [0.3, 0.4) is 0 Å². The molecule has 140 valence electrons. The number of benzene rings is 3. The quantitative estimate of drug-likeness (QED) is 0.276. The number of aromatic nitrogens is 1. The Morgan fingerprint density at radius 3 is 2.64 bits per heavy atom. The number of amides is 1. The minimum absolute atomic E-state index is 0.301. The Hall–Kier alpha value is -1.80. The molecule has 0 atom stereocenters. The number of hydrogen-bond acceptors (Lipinski definition) is 3. The molecule has 0 unspecified atom stereocenters. The first-order valence-corrected chi connectivity index (χ1v) is 10.2. The van der Waals surface area contributed by atoms with Gasteiger partial charge in [0.15, 0.2) is 5.58 Å². The Balaban J connectivity index is 1.66. The van der Waals surface area contributed by atoms with E-state index in [1.54, 1.807) is 48.5 Å². The van der Waals surface area contributed by atoms with Crippen LogP contribution < -0.4 is 5.32 Å². The van der Waals surface area contributed by atoms with E-state index in [0.717, 1.165) is 3.57 Å². The van der Waals surface area contributed by atoms with Gasteiger partial charge in [0.25, 0.3) is 5.91 Å². The Labute approximate surface area is 188 Å². The maximum absolute atomic E-state index is 12.6. The predicted octanol–water partition coefficient (Wildman–Crippen LogP) is 7.31. The first kappa shape index (κ1) is 19.5. The summed E-state index contributed by atoms with van der Waals surface area (Å²) in [5.41, 5.74) is 2.72. The third-order valence-corrected chi connectivity index (χ3v) is 5.82. The molecule has 1 heterocycles. The van der Waals surface area contributed by atoms with Gasteiger partial charge in [-0.15, -0.1) is 0 Å². The Morgan fingerprint density at radius 1 is 1.00 bits per heavy atom. The van der Waals surface area contributed by atoms with Crippen molar-refractivity contribution in [3.8, 4) is 11.5 Å². The summed E-state index contributed by atoms with van der Waals surface area (Å²) in [5, 5.41) is 4.01. The topological polar surface area (TPSA) is 55.1 Å². The van der Waals surface area contributed by atoms with Gasteiger partial charge >= 0.3 is 0 Å². The molecule has 0 fully saturated rings. The van der Waals surface area contributed by atoms with Crippen LogP contribution in [0.25, 0.3) is 22.6 Å². The second-order valence-corrected chi connectivity index (χ2v) is 8.32. The number of hydrogen-bond donors (Lipinski definition) is 1. The summed E-state index contributed by atoms with van der Waals surface area (Å²) in [5.74, 6) is 0.0519. The van der Waals surface area contributed by atoms with Crippen molar-refractivity contribution in [1.82, 2.24) is 4.98 Å². The molecule has 0 bridgehead atoms. The van der Waals surface area contributed by atoms with Crippen molar-refractivity contribution in [2.24, 2.45) is 0 Å². The highest BCUT2D eigenvalue weighted by atomic mass is 127. The van der Waals surface area contributed by atoms with E-state index in [2.05, 4.69) is 32.9 Å². The van der Waals surface area contributed by atoms with Crippen LogP contribution in [0, 0.1) is 3.57 Å². The summed E-state index contributed by atoms with van der Waals surface area (Å²) in [6.45, 7) is 0. The lowest BCUT2D eigenvalue weighted by Gasteiger charge is -2.07. The van der Waals surface area contributed by atoms with Gasteiger partial charge in [-0.05, 0) is 71.1 Å². The minimum atomic E-state index is -0.301. The van der Waals surface area contributed by atoms with Gasteiger partial charge in [0.1, 0.15) is 5.52 Å². The average Bonchev–Trinajstić information content (AvgIpc) is 3.09. The van der Waals surface area contributed by atoms with E-state index in [9.17, 15) is 4.79 Å². The fourth-order valence-corrected chi connectivity index (χ4v) is 3.74. The number of anilines is 1. The molecule has 1 amide bonds. The van der Waals surface area contributed by atoms with Gasteiger partial charge in [0.2, 0.25) is 5.89 Å². The second-order valence-electron chi connectivity index (χ2n) is 5.88. The van der Waals surface area contributed by atoms with Crippen LogP contribution in [-0.2, 0) is 0 Å². The third-order valence-electron chi connectivity index (χ3n) is 4.00. The lowest BCUT2D eigenvalue weighted by atomic mass is 10.2. The zero-order chi connectivity index (χ0) is 19.8. The third kappa shape index (κ3) is 3.85. The van der Waals surface area contributed by atoms with Crippen molar-refractivity contribution in [3.63, 3.8) is 0 Å². The predicted molar refractivity (Wildman–Crippen MR) is 122 cm³/mol. The normalized spacial score (nSPS) is 11.0. The van der Waals surface area contributed by atoms with Crippen molar-refractivity contribution in [3.05, 3.63) is 78.8 Å². The fourth-order valence-electron chi connectivity index (χ4n) is 2.66. The largest absolute Gasteiger partial charge is 0.436 e. The molecule has 1 N–H and O–H groups in total. The van der Waals surface area contributed by atoms with Crippen LogP contribution in [0.5, 0.6) is 0 Å². The van der Waals surface area contributed by atoms with E-state index in [1.165, 1.54) is 0 Å². The minimum Gasteiger partial charge on any atom is -0.436 e. The molecule has 0 spiro atoms. The van der Waals surface area contributed by atoms with Gasteiger partial charge in [0.05, 0.1) is 26.2 Å². The van der Waals surface area contributed by atoms with E-state index in [4.69, 9.17) is 39.2 Å². The number of halogens is 4. The van der Waals surface area contributed by atoms with Crippen LogP contribution in [0.4, 0.5) is 5.69 Å². The van der Waals surface area contributed by atoms with Crippen LogP contribution in [-0.4, -0.2) is 10.9 Å². The molecule has 0 aliphatic rings. The Morgan fingerprint density at radius 2 is 1.82 bits per heavy atom. The molecule has 4 aromatic rings. The van der Waals surface area contributed by atoms with Gasteiger partial charge < -0.3 is 9.73 Å². The Kier molecular flexibility index (Phi) is 5.51. The zero-order valence-electron chi connectivity index (χ0n) is 14.0. The zero-order valence-corrected chi connectivity index (χ0v) is 18.4. The maximum atomic E-state index is 12.6. The summed E-state index contributed by atoms with van der Waals surface area (Å²) in [4.78, 5) is 17.0. The number of carbonyl (C=O) groups is 1. The number of carbonyl (C=O) groups excluding carboxylic acids is 1. The maximum Gasteiger partial charge on any atom is 0.257 e. The van der Waals surface area contributed by atoms with Crippen molar-refractivity contribution in [1.29, 1.82) is 0 Å². The van der Waals surface area contributed by atoms with E-state index < -0.39 is 0 Å². The van der Waals surface area contributed by atoms with Gasteiger partial charge in [-0.3, -0.25) is 4.79 Å². The molecule has 0 aliphatic heterocycles. The number of fused-ring (bicyclic) bond motifs is 1. The lowest BCUT2D eigenvalue weighted by molar-refractivity contribution is 0.102. The van der Waals surface area contributed by atoms with Crippen LogP contribution in [0.15, 0.2) is 59.0 Å². The molecule has 0 aliphatic carbocycles. The van der Waals surface area contributed by atoms with E-state index in [0.29, 0.717) is 48.9 Å². The van der Waals surface area contributed by atoms with Crippen LogP contribution in [0.2, 0.25) is 15.1 Å². The van der Waals surface area contributed by atoms with Crippen LogP contribution >= 0.6 is 57.4 Å². The lowest BCUT2D eigenvalue weighted by Crippen LogP contribution is -2.12. The molecular weight excluding hydrogens is 533 g/mol. The summed E-state index contributed by atoms with van der Waals surface area (Å²) < 4.78 is 6.70. The SMILES string of the molecule is O=C(Nc1ccc2oc(-c3cccc(Cl)c3Cl)nc2c1)c1cc(I)ccc1Cl. The van der Waals surface area contributed by atoms with Crippen molar-refractivity contribution < 1.29 is 9.21 Å². The summed E-state index contributed by atoms with van der Waals surface area (Å²) in [6, 6.07) is 15.7. The number of nitrogens with one attached hydrogen (secondary N) is 1. The van der Waals surface area contributed by atoms with Gasteiger partial charge in [-0.2, -0.15) is 0 Å². The van der Waals surface area contributed by atoms with Crippen LogP contribution in [0.1, 0.15) is 10.4 Å². The number of nitrogens with zero attached hydrogens (tertiary/aromatic N) is 1. The standard InChI is InChI=1S/C20H10Cl3IN2O2/c21-14-6-4-10(24)8-13(14)19(27)25-11-5-7-17-16(9-11)26-20(28-17)12-2-1-3-15(22)18(12)23/h1-9H,(H,25,27). The summed E-state index contributed by atoms with van der Waals surface area (Å²) in [6.07, 6.45) is 0. The molecule has 28 heavy (non-hydrogen) atoms. The molecular formula is C20H10Cl3IN2O2. The van der Waals surface area contributed by atoms with Gasteiger partial charge in [0, 0.05) is 9.26 Å². The van der Waals surface area contributed by atoms with Crippen molar-refractivity contribution >= 4 is 80.1 Å². The first-order chi connectivity index (χ1) is 13.4. The average molecular weight is 544 g/mol.